The van der Waals surface area contributed by atoms with E-state index in [4.69, 9.17) is 9.47 Å². The summed E-state index contributed by atoms with van der Waals surface area (Å²) in [6.07, 6.45) is 1.40. The fourth-order valence-electron chi connectivity index (χ4n) is 4.73. The molecule has 3 atom stereocenters. The molecule has 10 heteroatoms. The summed E-state index contributed by atoms with van der Waals surface area (Å²) in [5, 5.41) is 15.5. The largest absolute Gasteiger partial charge is 0.458 e. The van der Waals surface area contributed by atoms with Crippen LogP contribution in [-0.4, -0.2) is 69.8 Å². The number of alkyl carbamates (subject to hydrolysis) is 1. The van der Waals surface area contributed by atoms with Crippen LogP contribution in [0.4, 0.5) is 4.79 Å². The summed E-state index contributed by atoms with van der Waals surface area (Å²) in [6.45, 7) is 11.7. The minimum absolute atomic E-state index is 0.180. The van der Waals surface area contributed by atoms with Crippen LogP contribution in [0.5, 0.6) is 0 Å². The summed E-state index contributed by atoms with van der Waals surface area (Å²) in [5.74, 6) is -1.80. The molecule has 240 valence electrons. The van der Waals surface area contributed by atoms with Gasteiger partial charge in [0.05, 0.1) is 6.61 Å². The summed E-state index contributed by atoms with van der Waals surface area (Å²) in [4.78, 5) is 55.6. The Morgan fingerprint density at radius 2 is 1.43 bits per heavy atom. The summed E-state index contributed by atoms with van der Waals surface area (Å²) in [5.41, 5.74) is 0.806. The Balaban J connectivity index is 2.00. The van der Waals surface area contributed by atoms with Crippen LogP contribution in [-0.2, 0) is 36.7 Å². The number of aryl methyl sites for hydroxylation is 1. The second-order valence-corrected chi connectivity index (χ2v) is 13.1. The number of amides is 3. The summed E-state index contributed by atoms with van der Waals surface area (Å²) in [7, 11) is 0. The zero-order chi connectivity index (χ0) is 32.7. The molecule has 3 unspecified atom stereocenters. The van der Waals surface area contributed by atoms with Crippen LogP contribution < -0.4 is 10.6 Å². The van der Waals surface area contributed by atoms with Crippen molar-refractivity contribution in [3.8, 4) is 0 Å². The van der Waals surface area contributed by atoms with E-state index in [-0.39, 0.29) is 12.5 Å². The highest BCUT2D eigenvalue weighted by molar-refractivity contribution is 5.94. The third kappa shape index (κ3) is 10.4. The number of rotatable bonds is 12. The molecule has 3 amide bonds. The maximum Gasteiger partial charge on any atom is 0.408 e. The molecule has 3 N–H and O–H groups in total. The minimum Gasteiger partial charge on any atom is -0.458 e. The molecular weight excluding hydrogens is 562 g/mol. The van der Waals surface area contributed by atoms with Gasteiger partial charge in [-0.3, -0.25) is 9.59 Å². The number of hydrogen-bond acceptors (Lipinski definition) is 7. The van der Waals surface area contributed by atoms with E-state index in [1.807, 2.05) is 49.4 Å². The van der Waals surface area contributed by atoms with E-state index >= 15 is 0 Å². The predicted molar refractivity (Wildman–Crippen MR) is 167 cm³/mol. The molecule has 1 fully saturated rings. The second kappa shape index (κ2) is 14.7. The molecule has 0 spiro atoms. The molecule has 0 heterocycles. The fourth-order valence-corrected chi connectivity index (χ4v) is 4.73. The SMILES string of the molecule is CCc1ccc(C(C(=O)NC(Cc2ccccc2)C(=O)OC(C)(C)C)N(C(=O)C(CO)NC(=O)OC(C)(C)C)C2CC2)cc1. The van der Waals surface area contributed by atoms with Gasteiger partial charge in [-0.05, 0) is 77.5 Å². The first-order valence-electron chi connectivity index (χ1n) is 15.2. The van der Waals surface area contributed by atoms with Crippen LogP contribution in [0.25, 0.3) is 0 Å². The number of benzene rings is 2. The Kier molecular flexibility index (Phi) is 11.6. The van der Waals surface area contributed by atoms with E-state index in [9.17, 15) is 24.3 Å². The summed E-state index contributed by atoms with van der Waals surface area (Å²) in [6, 6.07) is 12.8. The first-order chi connectivity index (χ1) is 20.6. The minimum atomic E-state index is -1.35. The molecule has 2 aromatic carbocycles. The number of carbonyl (C=O) groups excluding carboxylic acids is 4. The smallest absolute Gasteiger partial charge is 0.408 e. The van der Waals surface area contributed by atoms with Gasteiger partial charge in [-0.1, -0.05) is 61.5 Å². The number of hydrogen-bond donors (Lipinski definition) is 3. The molecule has 44 heavy (non-hydrogen) atoms. The predicted octanol–water partition coefficient (Wildman–Crippen LogP) is 4.24. The van der Waals surface area contributed by atoms with Crippen LogP contribution in [0.1, 0.15) is 84.0 Å². The van der Waals surface area contributed by atoms with Gasteiger partial charge in [0.2, 0.25) is 11.8 Å². The van der Waals surface area contributed by atoms with Gasteiger partial charge in [0.15, 0.2) is 0 Å². The quantitative estimate of drug-likeness (QED) is 0.307. The zero-order valence-corrected chi connectivity index (χ0v) is 26.9. The van der Waals surface area contributed by atoms with Crippen molar-refractivity contribution >= 4 is 23.9 Å². The molecule has 3 rings (SSSR count). The number of nitrogens with one attached hydrogen (secondary N) is 2. The fraction of sp³-hybridized carbons (Fsp3) is 0.529. The van der Waals surface area contributed by atoms with Crippen LogP contribution >= 0.6 is 0 Å². The highest BCUT2D eigenvalue weighted by Crippen LogP contribution is 2.36. The Labute approximate surface area is 260 Å². The van der Waals surface area contributed by atoms with Gasteiger partial charge in [0, 0.05) is 12.5 Å². The molecule has 0 saturated heterocycles. The van der Waals surface area contributed by atoms with Gasteiger partial charge >= 0.3 is 12.1 Å². The lowest BCUT2D eigenvalue weighted by Crippen LogP contribution is -2.56. The molecule has 0 bridgehead atoms. The van der Waals surface area contributed by atoms with E-state index in [2.05, 4.69) is 10.6 Å². The van der Waals surface area contributed by atoms with Crippen LogP contribution in [0.3, 0.4) is 0 Å². The highest BCUT2D eigenvalue weighted by Gasteiger charge is 2.45. The molecule has 0 radical (unpaired) electrons. The molecule has 2 aromatic rings. The van der Waals surface area contributed by atoms with Crippen molar-refractivity contribution in [1.29, 1.82) is 0 Å². The van der Waals surface area contributed by atoms with Gasteiger partial charge in [-0.15, -0.1) is 0 Å². The van der Waals surface area contributed by atoms with Gasteiger partial charge in [-0.25, -0.2) is 9.59 Å². The third-order valence-electron chi connectivity index (χ3n) is 6.89. The Morgan fingerprint density at radius 1 is 0.841 bits per heavy atom. The highest BCUT2D eigenvalue weighted by atomic mass is 16.6. The maximum atomic E-state index is 14.3. The number of esters is 1. The van der Waals surface area contributed by atoms with Gasteiger partial charge in [0.1, 0.15) is 29.3 Å². The zero-order valence-electron chi connectivity index (χ0n) is 26.9. The molecule has 1 saturated carbocycles. The van der Waals surface area contributed by atoms with E-state index in [0.717, 1.165) is 17.5 Å². The number of aliphatic hydroxyl groups is 1. The monoisotopic (exact) mass is 609 g/mol. The number of nitrogens with zero attached hydrogens (tertiary/aromatic N) is 1. The topological polar surface area (TPSA) is 134 Å². The molecule has 10 nitrogen and oxygen atoms in total. The van der Waals surface area contributed by atoms with Gasteiger partial charge in [0.25, 0.3) is 0 Å². The summed E-state index contributed by atoms with van der Waals surface area (Å²) >= 11 is 0. The number of ether oxygens (including phenoxy) is 2. The lowest BCUT2D eigenvalue weighted by atomic mass is 9.99. The van der Waals surface area contributed by atoms with Gasteiger partial charge in [-0.2, -0.15) is 0 Å². The maximum absolute atomic E-state index is 14.3. The van der Waals surface area contributed by atoms with Crippen molar-refractivity contribution in [3.05, 3.63) is 71.3 Å². The van der Waals surface area contributed by atoms with Crippen molar-refractivity contribution in [2.24, 2.45) is 0 Å². The standard InChI is InChI=1S/C34H47N3O7/c1-8-22-14-16-24(17-15-22)28(37(25-18-19-25)30(40)27(21-38)36-32(42)44-34(5,6)7)29(39)35-26(31(41)43-33(2,3)4)20-23-12-10-9-11-13-23/h9-17,25-28,38H,8,18-21H2,1-7H3,(H,35,39)(H,36,42). The normalized spacial score (nSPS) is 15.4. The van der Waals surface area contributed by atoms with Crippen molar-refractivity contribution < 1.29 is 33.8 Å². The van der Waals surface area contributed by atoms with Crippen molar-refractivity contribution in [1.82, 2.24) is 15.5 Å². The van der Waals surface area contributed by atoms with Crippen molar-refractivity contribution in [2.45, 2.75) is 110 Å². The number of carbonyl (C=O) groups is 4. The molecule has 1 aliphatic carbocycles. The lowest BCUT2D eigenvalue weighted by Gasteiger charge is -2.35. The molecule has 0 aromatic heterocycles. The van der Waals surface area contributed by atoms with E-state index in [1.54, 1.807) is 53.7 Å². The molecular formula is C34H47N3O7. The van der Waals surface area contributed by atoms with Crippen LogP contribution in [0, 0.1) is 0 Å². The van der Waals surface area contributed by atoms with E-state index < -0.39 is 59.8 Å². The number of aliphatic hydroxyl groups excluding tert-OH is 1. The Morgan fingerprint density at radius 3 is 1.93 bits per heavy atom. The first-order valence-corrected chi connectivity index (χ1v) is 15.2. The Bertz CT molecular complexity index is 1280. The van der Waals surface area contributed by atoms with E-state index in [0.29, 0.717) is 18.4 Å². The van der Waals surface area contributed by atoms with Crippen molar-refractivity contribution in [2.75, 3.05) is 6.61 Å². The average Bonchev–Trinajstić information content (AvgIpc) is 3.78. The van der Waals surface area contributed by atoms with Crippen LogP contribution in [0.2, 0.25) is 0 Å². The lowest BCUT2D eigenvalue weighted by molar-refractivity contribution is -0.159. The second-order valence-electron chi connectivity index (χ2n) is 13.1. The average molecular weight is 610 g/mol. The van der Waals surface area contributed by atoms with Crippen molar-refractivity contribution in [3.63, 3.8) is 0 Å². The first kappa shape index (κ1) is 34.6. The van der Waals surface area contributed by atoms with Gasteiger partial charge < -0.3 is 30.1 Å². The molecule has 0 aliphatic heterocycles. The summed E-state index contributed by atoms with van der Waals surface area (Å²) < 4.78 is 11.0. The Hall–Kier alpha value is -3.92. The molecule has 1 aliphatic rings. The van der Waals surface area contributed by atoms with E-state index in [1.165, 1.54) is 4.90 Å². The van der Waals surface area contributed by atoms with Crippen LogP contribution in [0.15, 0.2) is 54.6 Å². The third-order valence-corrected chi connectivity index (χ3v) is 6.89.